The molecule has 0 N–H and O–H groups in total. The first-order valence-corrected chi connectivity index (χ1v) is 7.09. The summed E-state index contributed by atoms with van der Waals surface area (Å²) < 4.78 is 0. The Hall–Kier alpha value is -2.19. The SMILES string of the molecule is [C-]#[N+]c1ccc(N2C(=O)CC3(CCN(C)CC3)C2=O)cc1. The molecule has 0 atom stereocenters. The molecule has 0 aliphatic carbocycles. The molecule has 1 aromatic carbocycles. The second kappa shape index (κ2) is 4.97. The van der Waals surface area contributed by atoms with Crippen LogP contribution in [-0.2, 0) is 9.59 Å². The normalized spacial score (nSPS) is 21.8. The van der Waals surface area contributed by atoms with E-state index in [1.54, 1.807) is 24.3 Å². The van der Waals surface area contributed by atoms with Gasteiger partial charge in [0.15, 0.2) is 5.69 Å². The van der Waals surface area contributed by atoms with E-state index in [4.69, 9.17) is 6.57 Å². The van der Waals surface area contributed by atoms with Crippen LogP contribution in [0.15, 0.2) is 24.3 Å². The Morgan fingerprint density at radius 2 is 1.76 bits per heavy atom. The van der Waals surface area contributed by atoms with Crippen molar-refractivity contribution in [3.63, 3.8) is 0 Å². The first-order chi connectivity index (χ1) is 10.1. The maximum absolute atomic E-state index is 12.8. The van der Waals surface area contributed by atoms with Gasteiger partial charge in [-0.05, 0) is 45.1 Å². The van der Waals surface area contributed by atoms with Crippen LogP contribution < -0.4 is 4.90 Å². The summed E-state index contributed by atoms with van der Waals surface area (Å²) in [5.74, 6) is -0.198. The molecule has 0 bridgehead atoms. The van der Waals surface area contributed by atoms with Gasteiger partial charge in [-0.15, -0.1) is 0 Å². The monoisotopic (exact) mass is 283 g/mol. The maximum atomic E-state index is 12.8. The molecule has 2 fully saturated rings. The quantitative estimate of drug-likeness (QED) is 0.586. The van der Waals surface area contributed by atoms with Crippen LogP contribution in [0.2, 0.25) is 0 Å². The average molecular weight is 283 g/mol. The Kier molecular flexibility index (Phi) is 3.26. The van der Waals surface area contributed by atoms with Crippen molar-refractivity contribution in [2.45, 2.75) is 19.3 Å². The van der Waals surface area contributed by atoms with Crippen molar-refractivity contribution in [1.29, 1.82) is 0 Å². The third-order valence-corrected chi connectivity index (χ3v) is 4.58. The average Bonchev–Trinajstić information content (AvgIpc) is 2.74. The summed E-state index contributed by atoms with van der Waals surface area (Å²) in [7, 11) is 2.04. The summed E-state index contributed by atoms with van der Waals surface area (Å²) >= 11 is 0. The summed E-state index contributed by atoms with van der Waals surface area (Å²) in [6, 6.07) is 6.64. The molecule has 1 spiro atoms. The Morgan fingerprint density at radius 1 is 1.14 bits per heavy atom. The number of hydrogen-bond acceptors (Lipinski definition) is 3. The van der Waals surface area contributed by atoms with Crippen LogP contribution >= 0.6 is 0 Å². The van der Waals surface area contributed by atoms with Gasteiger partial charge in [-0.2, -0.15) is 0 Å². The number of anilines is 1. The standard InChI is InChI=1S/C16H17N3O2/c1-17-12-3-5-13(6-4-12)19-14(20)11-16(15(19)21)7-9-18(2)10-8-16/h3-6H,7-11H2,2H3. The summed E-state index contributed by atoms with van der Waals surface area (Å²) in [6.07, 6.45) is 1.79. The number of carbonyl (C=O) groups is 2. The van der Waals surface area contributed by atoms with Crippen molar-refractivity contribution in [2.75, 3.05) is 25.0 Å². The molecule has 0 unspecified atom stereocenters. The lowest BCUT2D eigenvalue weighted by Gasteiger charge is -2.35. The van der Waals surface area contributed by atoms with Crippen molar-refractivity contribution in [1.82, 2.24) is 4.90 Å². The predicted molar refractivity (Wildman–Crippen MR) is 79.0 cm³/mol. The summed E-state index contributed by atoms with van der Waals surface area (Å²) in [6.45, 7) is 8.65. The van der Waals surface area contributed by atoms with Crippen molar-refractivity contribution >= 4 is 23.2 Å². The van der Waals surface area contributed by atoms with Crippen LogP contribution in [0.4, 0.5) is 11.4 Å². The van der Waals surface area contributed by atoms with Crippen molar-refractivity contribution in [3.05, 3.63) is 35.7 Å². The molecule has 0 aromatic heterocycles. The minimum absolute atomic E-state index is 0.0730. The summed E-state index contributed by atoms with van der Waals surface area (Å²) in [5, 5.41) is 0. The molecule has 3 rings (SSSR count). The maximum Gasteiger partial charge on any atom is 0.240 e. The van der Waals surface area contributed by atoms with Gasteiger partial charge < -0.3 is 4.90 Å². The molecule has 21 heavy (non-hydrogen) atoms. The molecule has 2 aliphatic heterocycles. The number of benzene rings is 1. The van der Waals surface area contributed by atoms with Gasteiger partial charge in [0, 0.05) is 12.1 Å². The van der Waals surface area contributed by atoms with Crippen LogP contribution in [0, 0.1) is 12.0 Å². The fourth-order valence-corrected chi connectivity index (χ4v) is 3.17. The van der Waals surface area contributed by atoms with Crippen molar-refractivity contribution in [2.24, 2.45) is 5.41 Å². The summed E-state index contributed by atoms with van der Waals surface area (Å²) in [4.78, 5) is 31.9. The van der Waals surface area contributed by atoms with Crippen molar-refractivity contribution < 1.29 is 9.59 Å². The molecule has 2 saturated heterocycles. The largest absolute Gasteiger partial charge is 0.306 e. The third kappa shape index (κ3) is 2.22. The molecule has 108 valence electrons. The molecule has 2 aliphatic rings. The van der Waals surface area contributed by atoms with Crippen LogP contribution in [0.1, 0.15) is 19.3 Å². The molecule has 1 aromatic rings. The van der Waals surface area contributed by atoms with E-state index >= 15 is 0 Å². The van der Waals surface area contributed by atoms with Gasteiger partial charge in [-0.3, -0.25) is 14.5 Å². The van der Waals surface area contributed by atoms with Gasteiger partial charge in [0.25, 0.3) is 0 Å². The van der Waals surface area contributed by atoms with E-state index < -0.39 is 5.41 Å². The van der Waals surface area contributed by atoms with E-state index in [1.165, 1.54) is 4.90 Å². The minimum atomic E-state index is -0.512. The fraction of sp³-hybridized carbons (Fsp3) is 0.438. The van der Waals surface area contributed by atoms with Gasteiger partial charge >= 0.3 is 0 Å². The van der Waals surface area contributed by atoms with Gasteiger partial charge in [-0.25, -0.2) is 4.85 Å². The predicted octanol–water partition coefficient (Wildman–Crippen LogP) is 2.21. The van der Waals surface area contributed by atoms with E-state index in [0.717, 1.165) is 25.9 Å². The van der Waals surface area contributed by atoms with Crippen LogP contribution in [0.25, 0.3) is 4.85 Å². The van der Waals surface area contributed by atoms with Crippen LogP contribution in [0.5, 0.6) is 0 Å². The Morgan fingerprint density at radius 3 is 2.33 bits per heavy atom. The highest BCUT2D eigenvalue weighted by Gasteiger charge is 2.52. The zero-order valence-corrected chi connectivity index (χ0v) is 12.0. The summed E-state index contributed by atoms with van der Waals surface area (Å²) in [5.41, 5.74) is 0.572. The van der Waals surface area contributed by atoms with E-state index in [0.29, 0.717) is 17.8 Å². The Bertz CT molecular complexity index is 622. The van der Waals surface area contributed by atoms with Gasteiger partial charge in [0.2, 0.25) is 11.8 Å². The molecule has 2 heterocycles. The molecule has 0 saturated carbocycles. The fourth-order valence-electron chi connectivity index (χ4n) is 3.17. The number of nitrogens with zero attached hydrogens (tertiary/aromatic N) is 3. The highest BCUT2D eigenvalue weighted by molar-refractivity contribution is 6.22. The molecule has 2 amide bonds. The highest BCUT2D eigenvalue weighted by Crippen LogP contribution is 2.43. The zero-order chi connectivity index (χ0) is 15.0. The first-order valence-electron chi connectivity index (χ1n) is 7.09. The minimum Gasteiger partial charge on any atom is -0.306 e. The highest BCUT2D eigenvalue weighted by atomic mass is 16.2. The number of hydrogen-bond donors (Lipinski definition) is 0. The number of rotatable bonds is 1. The van der Waals surface area contributed by atoms with E-state index in [-0.39, 0.29) is 11.8 Å². The number of likely N-dealkylation sites (tertiary alicyclic amines) is 1. The number of carbonyl (C=O) groups excluding carboxylic acids is 2. The smallest absolute Gasteiger partial charge is 0.240 e. The van der Waals surface area contributed by atoms with Crippen LogP contribution in [0.3, 0.4) is 0 Å². The molecular weight excluding hydrogens is 266 g/mol. The van der Waals surface area contributed by atoms with E-state index in [1.807, 2.05) is 7.05 Å². The number of amides is 2. The molecule has 5 nitrogen and oxygen atoms in total. The van der Waals surface area contributed by atoms with E-state index in [9.17, 15) is 9.59 Å². The van der Waals surface area contributed by atoms with Crippen LogP contribution in [-0.4, -0.2) is 36.9 Å². The topological polar surface area (TPSA) is 45.0 Å². The zero-order valence-electron chi connectivity index (χ0n) is 12.0. The lowest BCUT2D eigenvalue weighted by molar-refractivity contribution is -0.127. The Labute approximate surface area is 124 Å². The first kappa shape index (κ1) is 13.8. The number of imide groups is 1. The lowest BCUT2D eigenvalue weighted by Crippen LogP contribution is -2.43. The molecule has 5 heteroatoms. The Balaban J connectivity index is 1.88. The van der Waals surface area contributed by atoms with Gasteiger partial charge in [0.05, 0.1) is 12.0 Å². The van der Waals surface area contributed by atoms with Gasteiger partial charge in [-0.1, -0.05) is 12.1 Å². The molecular formula is C16H17N3O2. The lowest BCUT2D eigenvalue weighted by atomic mass is 9.77. The third-order valence-electron chi connectivity index (χ3n) is 4.58. The second-order valence-corrected chi connectivity index (χ2v) is 5.92. The van der Waals surface area contributed by atoms with Gasteiger partial charge in [0.1, 0.15) is 0 Å². The second-order valence-electron chi connectivity index (χ2n) is 5.92. The van der Waals surface area contributed by atoms with E-state index in [2.05, 4.69) is 9.74 Å². The molecule has 0 radical (unpaired) electrons. The van der Waals surface area contributed by atoms with Crippen molar-refractivity contribution in [3.8, 4) is 0 Å². The number of piperidine rings is 1.